The van der Waals surface area contributed by atoms with E-state index >= 15 is 0 Å². The Morgan fingerprint density at radius 1 is 1.60 bits per heavy atom. The largest absolute Gasteiger partial charge is 0.476 e. The van der Waals surface area contributed by atoms with Crippen molar-refractivity contribution < 1.29 is 19.1 Å². The summed E-state index contributed by atoms with van der Waals surface area (Å²) in [5, 5.41) is 8.50. The maximum atomic E-state index is 13.1. The lowest BCUT2D eigenvalue weighted by Gasteiger charge is -2.07. The maximum Gasteiger partial charge on any atom is 0.357 e. The van der Waals surface area contributed by atoms with Crippen LogP contribution in [0.2, 0.25) is 0 Å². The molecule has 0 saturated heterocycles. The molecule has 1 unspecified atom stereocenters. The number of halogens is 1. The highest BCUT2D eigenvalue weighted by atomic mass is 19.1. The fourth-order valence-electron chi connectivity index (χ4n) is 1.01. The Morgan fingerprint density at radius 2 is 2.20 bits per heavy atom. The third-order valence-electron chi connectivity index (χ3n) is 1.86. The summed E-state index contributed by atoms with van der Waals surface area (Å²) < 4.78 is 13.1. The minimum absolute atomic E-state index is 0.157. The number of carbonyl (C=O) groups excluding carboxylic acids is 1. The smallest absolute Gasteiger partial charge is 0.357 e. The van der Waals surface area contributed by atoms with Gasteiger partial charge in [0, 0.05) is 6.20 Å². The highest BCUT2D eigenvalue weighted by molar-refractivity contribution is 5.86. The van der Waals surface area contributed by atoms with Gasteiger partial charge in [-0.3, -0.25) is 4.79 Å². The van der Waals surface area contributed by atoms with Gasteiger partial charge in [0.15, 0.2) is 17.3 Å². The highest BCUT2D eigenvalue weighted by Gasteiger charge is 2.17. The first kappa shape index (κ1) is 11.3. The Hall–Kier alpha value is -1.82. The first-order valence-corrected chi connectivity index (χ1v) is 4.08. The molecule has 3 N–H and O–H groups in total. The standard InChI is InChI=1S/C9H9FN2O3/c1-4(13)7(11)5-2-6(10)8(9(14)15)12-3-5/h2-3,7H,11H2,1H3,(H,14,15). The first-order valence-electron chi connectivity index (χ1n) is 4.08. The van der Waals surface area contributed by atoms with Crippen LogP contribution in [0.3, 0.4) is 0 Å². The third-order valence-corrected chi connectivity index (χ3v) is 1.86. The molecule has 1 atom stereocenters. The second-order valence-corrected chi connectivity index (χ2v) is 2.99. The molecule has 1 aromatic heterocycles. The van der Waals surface area contributed by atoms with Crippen molar-refractivity contribution in [2.75, 3.05) is 0 Å². The molecule has 0 saturated carbocycles. The predicted molar refractivity (Wildman–Crippen MR) is 48.8 cm³/mol. The van der Waals surface area contributed by atoms with Crippen molar-refractivity contribution >= 4 is 11.8 Å². The minimum Gasteiger partial charge on any atom is -0.476 e. The molecule has 0 aliphatic carbocycles. The number of Topliss-reactive ketones (excluding diaryl/α,β-unsaturated/α-hetero) is 1. The van der Waals surface area contributed by atoms with Crippen molar-refractivity contribution in [3.8, 4) is 0 Å². The molecule has 0 amide bonds. The summed E-state index contributed by atoms with van der Waals surface area (Å²) in [7, 11) is 0. The molecule has 0 aromatic carbocycles. The van der Waals surface area contributed by atoms with Crippen LogP contribution in [-0.2, 0) is 4.79 Å². The van der Waals surface area contributed by atoms with Crippen LogP contribution < -0.4 is 5.73 Å². The van der Waals surface area contributed by atoms with Crippen molar-refractivity contribution in [1.29, 1.82) is 0 Å². The quantitative estimate of drug-likeness (QED) is 0.761. The summed E-state index contributed by atoms with van der Waals surface area (Å²) in [5.41, 5.74) is 4.90. The van der Waals surface area contributed by atoms with E-state index in [1.807, 2.05) is 0 Å². The van der Waals surface area contributed by atoms with Gasteiger partial charge >= 0.3 is 5.97 Å². The molecule has 0 bridgehead atoms. The molecule has 0 aliphatic rings. The summed E-state index contributed by atoms with van der Waals surface area (Å²) in [6.07, 6.45) is 1.08. The van der Waals surface area contributed by atoms with Gasteiger partial charge in [-0.15, -0.1) is 0 Å². The van der Waals surface area contributed by atoms with Crippen LogP contribution in [0.5, 0.6) is 0 Å². The predicted octanol–water partition coefficient (Wildman–Crippen LogP) is 0.508. The lowest BCUT2D eigenvalue weighted by atomic mass is 10.1. The van der Waals surface area contributed by atoms with E-state index in [0.29, 0.717) is 0 Å². The van der Waals surface area contributed by atoms with Gasteiger partial charge in [0.25, 0.3) is 0 Å². The van der Waals surface area contributed by atoms with Crippen LogP contribution >= 0.6 is 0 Å². The Labute approximate surface area is 84.7 Å². The molecular weight excluding hydrogens is 203 g/mol. The van der Waals surface area contributed by atoms with Crippen molar-refractivity contribution in [2.24, 2.45) is 5.73 Å². The molecule has 1 heterocycles. The summed E-state index contributed by atoms with van der Waals surface area (Å²) in [4.78, 5) is 24.7. The van der Waals surface area contributed by atoms with Crippen LogP contribution in [0.15, 0.2) is 12.3 Å². The van der Waals surface area contributed by atoms with Gasteiger partial charge in [0.2, 0.25) is 0 Å². The van der Waals surface area contributed by atoms with E-state index in [0.717, 1.165) is 12.3 Å². The highest BCUT2D eigenvalue weighted by Crippen LogP contribution is 2.13. The van der Waals surface area contributed by atoms with E-state index in [-0.39, 0.29) is 11.3 Å². The Kier molecular flexibility index (Phi) is 3.11. The summed E-state index contributed by atoms with van der Waals surface area (Å²) in [6, 6.07) is -0.0717. The molecule has 1 rings (SSSR count). The van der Waals surface area contributed by atoms with Crippen LogP contribution in [0, 0.1) is 5.82 Å². The number of nitrogens with zero attached hydrogens (tertiary/aromatic N) is 1. The number of hydrogen-bond acceptors (Lipinski definition) is 4. The van der Waals surface area contributed by atoms with Crippen LogP contribution in [0.1, 0.15) is 29.0 Å². The van der Waals surface area contributed by atoms with Crippen molar-refractivity contribution in [3.63, 3.8) is 0 Å². The molecule has 15 heavy (non-hydrogen) atoms. The molecule has 0 fully saturated rings. The second kappa shape index (κ2) is 4.14. The van der Waals surface area contributed by atoms with Crippen LogP contribution in [-0.4, -0.2) is 21.8 Å². The topological polar surface area (TPSA) is 93.3 Å². The van der Waals surface area contributed by atoms with E-state index in [1.54, 1.807) is 0 Å². The minimum atomic E-state index is -1.46. The lowest BCUT2D eigenvalue weighted by molar-refractivity contribution is -0.118. The van der Waals surface area contributed by atoms with Gasteiger partial charge in [-0.1, -0.05) is 0 Å². The van der Waals surface area contributed by atoms with Crippen molar-refractivity contribution in [3.05, 3.63) is 29.3 Å². The zero-order chi connectivity index (χ0) is 11.6. The normalized spacial score (nSPS) is 12.2. The lowest BCUT2D eigenvalue weighted by Crippen LogP contribution is -2.19. The molecule has 0 radical (unpaired) electrons. The van der Waals surface area contributed by atoms with E-state index in [4.69, 9.17) is 10.8 Å². The molecule has 80 valence electrons. The molecule has 5 nitrogen and oxygen atoms in total. The summed E-state index contributed by atoms with van der Waals surface area (Å²) in [5.74, 6) is -2.81. The van der Waals surface area contributed by atoms with Crippen LogP contribution in [0.4, 0.5) is 4.39 Å². The van der Waals surface area contributed by atoms with E-state index < -0.39 is 23.5 Å². The van der Waals surface area contributed by atoms with Crippen LogP contribution in [0.25, 0.3) is 0 Å². The van der Waals surface area contributed by atoms with Crippen molar-refractivity contribution in [1.82, 2.24) is 4.98 Å². The monoisotopic (exact) mass is 212 g/mol. The molecule has 1 aromatic rings. The average Bonchev–Trinajstić information content (AvgIpc) is 2.15. The number of nitrogens with two attached hydrogens (primary N) is 1. The maximum absolute atomic E-state index is 13.1. The SMILES string of the molecule is CC(=O)C(N)c1cnc(C(=O)O)c(F)c1. The number of hydrogen-bond donors (Lipinski definition) is 2. The Morgan fingerprint density at radius 3 is 2.60 bits per heavy atom. The van der Waals surface area contributed by atoms with Gasteiger partial charge in [0.05, 0.1) is 6.04 Å². The third kappa shape index (κ3) is 2.35. The first-order chi connectivity index (χ1) is 6.93. The van der Waals surface area contributed by atoms with Gasteiger partial charge in [-0.05, 0) is 18.6 Å². The fraction of sp³-hybridized carbons (Fsp3) is 0.222. The number of carboxylic acids is 1. The number of rotatable bonds is 3. The Bertz CT molecular complexity index is 420. The molecule has 0 aliphatic heterocycles. The van der Waals surface area contributed by atoms with E-state index in [2.05, 4.69) is 4.98 Å². The number of carbonyl (C=O) groups is 2. The van der Waals surface area contributed by atoms with Gasteiger partial charge < -0.3 is 10.8 Å². The van der Waals surface area contributed by atoms with Crippen molar-refractivity contribution in [2.45, 2.75) is 13.0 Å². The van der Waals surface area contributed by atoms with Gasteiger partial charge in [0.1, 0.15) is 0 Å². The zero-order valence-electron chi connectivity index (χ0n) is 7.90. The molecular formula is C9H9FN2O3. The number of carboxylic acid groups (broad SMARTS) is 1. The molecule has 6 heteroatoms. The fourth-order valence-corrected chi connectivity index (χ4v) is 1.01. The number of aromatic carboxylic acids is 1. The number of ketones is 1. The molecule has 0 spiro atoms. The van der Waals surface area contributed by atoms with E-state index in [9.17, 15) is 14.0 Å². The number of pyridine rings is 1. The Balaban J connectivity index is 3.12. The average molecular weight is 212 g/mol. The summed E-state index contributed by atoms with van der Waals surface area (Å²) >= 11 is 0. The zero-order valence-corrected chi connectivity index (χ0v) is 7.90. The second-order valence-electron chi connectivity index (χ2n) is 2.99. The number of aromatic nitrogens is 1. The van der Waals surface area contributed by atoms with E-state index in [1.165, 1.54) is 6.92 Å². The van der Waals surface area contributed by atoms with Gasteiger partial charge in [-0.2, -0.15) is 0 Å². The van der Waals surface area contributed by atoms with Gasteiger partial charge in [-0.25, -0.2) is 14.2 Å². The summed E-state index contributed by atoms with van der Waals surface area (Å²) in [6.45, 7) is 1.26.